The van der Waals surface area contributed by atoms with Gasteiger partial charge in [-0.2, -0.15) is 0 Å². The second-order valence-electron chi connectivity index (χ2n) is 10.4. The summed E-state index contributed by atoms with van der Waals surface area (Å²) in [6.07, 6.45) is 0. The number of hydrogen-bond acceptors (Lipinski definition) is 6. The minimum atomic E-state index is -0.700. The summed E-state index contributed by atoms with van der Waals surface area (Å²) < 4.78 is 5.53. The maximum Gasteiger partial charge on any atom is 0.295 e. The third-order valence-electron chi connectivity index (χ3n) is 6.37. The van der Waals surface area contributed by atoms with E-state index in [9.17, 15) is 14.7 Å². The van der Waals surface area contributed by atoms with Crippen molar-refractivity contribution >= 4 is 23.1 Å². The van der Waals surface area contributed by atoms with E-state index >= 15 is 0 Å². The number of methoxy groups -OCH3 is 1. The molecular formula is C28H37N3O4. The molecule has 35 heavy (non-hydrogen) atoms. The highest BCUT2D eigenvalue weighted by Gasteiger charge is 2.46. The van der Waals surface area contributed by atoms with Crippen molar-refractivity contribution in [3.63, 3.8) is 0 Å². The third-order valence-corrected chi connectivity index (χ3v) is 6.37. The predicted molar refractivity (Wildman–Crippen MR) is 140 cm³/mol. The van der Waals surface area contributed by atoms with Crippen molar-refractivity contribution < 1.29 is 19.4 Å². The summed E-state index contributed by atoms with van der Waals surface area (Å²) >= 11 is 0. The van der Waals surface area contributed by atoms with Gasteiger partial charge in [-0.1, -0.05) is 39.0 Å². The molecule has 3 rings (SSSR count). The summed E-state index contributed by atoms with van der Waals surface area (Å²) in [7, 11) is 9.26. The smallest absolute Gasteiger partial charge is 0.295 e. The van der Waals surface area contributed by atoms with Crippen molar-refractivity contribution in [1.29, 1.82) is 0 Å². The highest BCUT2D eigenvalue weighted by Crippen LogP contribution is 2.42. The lowest BCUT2D eigenvalue weighted by atomic mass is 9.85. The number of ketones is 1. The molecule has 1 atom stereocenters. The van der Waals surface area contributed by atoms with E-state index in [1.54, 1.807) is 11.0 Å². The lowest BCUT2D eigenvalue weighted by molar-refractivity contribution is -0.140. The first-order valence-electron chi connectivity index (χ1n) is 11.8. The van der Waals surface area contributed by atoms with Gasteiger partial charge in [0.15, 0.2) is 0 Å². The van der Waals surface area contributed by atoms with Crippen molar-refractivity contribution in [3.05, 3.63) is 64.7 Å². The first-order chi connectivity index (χ1) is 16.4. The second kappa shape index (κ2) is 10.1. The van der Waals surface area contributed by atoms with Crippen LogP contribution in [0.3, 0.4) is 0 Å². The Balaban J connectivity index is 2.23. The Morgan fingerprint density at radius 3 is 2.17 bits per heavy atom. The molecule has 0 aromatic heterocycles. The molecule has 7 nitrogen and oxygen atoms in total. The van der Waals surface area contributed by atoms with Crippen LogP contribution >= 0.6 is 0 Å². The summed E-state index contributed by atoms with van der Waals surface area (Å²) in [5, 5.41) is 11.6. The number of Topliss-reactive ketones (excluding diaryl/α,β-unsaturated/α-hetero) is 1. The molecule has 188 valence electrons. The number of carbonyl (C=O) groups is 2. The molecule has 1 saturated heterocycles. The monoisotopic (exact) mass is 479 g/mol. The molecule has 1 heterocycles. The number of hydrogen-bond donors (Lipinski definition) is 1. The van der Waals surface area contributed by atoms with Crippen molar-refractivity contribution in [2.45, 2.75) is 32.2 Å². The van der Waals surface area contributed by atoms with E-state index in [-0.39, 0.29) is 16.7 Å². The van der Waals surface area contributed by atoms with E-state index in [1.165, 1.54) is 7.11 Å². The molecule has 1 fully saturated rings. The minimum absolute atomic E-state index is 0.0794. The molecule has 0 spiro atoms. The van der Waals surface area contributed by atoms with Crippen molar-refractivity contribution in [2.24, 2.45) is 0 Å². The fourth-order valence-electron chi connectivity index (χ4n) is 4.22. The molecule has 0 radical (unpaired) electrons. The molecule has 0 aliphatic carbocycles. The Morgan fingerprint density at radius 1 is 1.03 bits per heavy atom. The Hall–Kier alpha value is -3.32. The van der Waals surface area contributed by atoms with E-state index in [1.807, 2.05) is 74.4 Å². The molecule has 1 aliphatic heterocycles. The van der Waals surface area contributed by atoms with Gasteiger partial charge < -0.3 is 24.5 Å². The van der Waals surface area contributed by atoms with Gasteiger partial charge in [0.05, 0.1) is 24.3 Å². The molecule has 1 N–H and O–H groups in total. The molecule has 2 aromatic rings. The lowest BCUT2D eigenvalue weighted by Crippen LogP contribution is -2.35. The maximum absolute atomic E-state index is 13.3. The SMILES string of the molecule is COc1ccc(C(C)(C)C)cc1/C(O)=C1\C(=O)C(=O)N(CCN(C)C)C1c1ccc(N(C)C)cc1. The summed E-state index contributed by atoms with van der Waals surface area (Å²) in [4.78, 5) is 32.0. The lowest BCUT2D eigenvalue weighted by Gasteiger charge is -2.27. The Morgan fingerprint density at radius 2 is 1.66 bits per heavy atom. The van der Waals surface area contributed by atoms with Crippen molar-refractivity contribution in [3.8, 4) is 5.75 Å². The largest absolute Gasteiger partial charge is 0.507 e. The van der Waals surface area contributed by atoms with Crippen LogP contribution in [0.2, 0.25) is 0 Å². The number of aliphatic hydroxyl groups is 1. The molecule has 7 heteroatoms. The average Bonchev–Trinajstić information content (AvgIpc) is 3.06. The van der Waals surface area contributed by atoms with Gasteiger partial charge in [-0.3, -0.25) is 9.59 Å². The number of likely N-dealkylation sites (tertiary alicyclic amines) is 1. The van der Waals surface area contributed by atoms with Crippen LogP contribution in [-0.4, -0.2) is 75.0 Å². The van der Waals surface area contributed by atoms with Gasteiger partial charge in [-0.15, -0.1) is 0 Å². The predicted octanol–water partition coefficient (Wildman–Crippen LogP) is 4.04. The van der Waals surface area contributed by atoms with E-state index in [2.05, 4.69) is 20.8 Å². The van der Waals surface area contributed by atoms with Crippen LogP contribution in [0.25, 0.3) is 5.76 Å². The quantitative estimate of drug-likeness (QED) is 0.367. The molecule has 2 aromatic carbocycles. The highest BCUT2D eigenvalue weighted by atomic mass is 16.5. The van der Waals surface area contributed by atoms with E-state index in [4.69, 9.17) is 4.74 Å². The number of carbonyl (C=O) groups excluding carboxylic acids is 2. The van der Waals surface area contributed by atoms with E-state index < -0.39 is 17.7 Å². The number of likely N-dealkylation sites (N-methyl/N-ethyl adjacent to an activating group) is 1. The maximum atomic E-state index is 13.3. The number of nitrogens with zero attached hydrogens (tertiary/aromatic N) is 3. The van der Waals surface area contributed by atoms with Crippen molar-refractivity contribution in [2.75, 3.05) is 53.3 Å². The first-order valence-corrected chi connectivity index (χ1v) is 11.8. The zero-order valence-corrected chi connectivity index (χ0v) is 22.0. The summed E-state index contributed by atoms with van der Waals surface area (Å²) in [5.41, 5.74) is 3.05. The second-order valence-corrected chi connectivity index (χ2v) is 10.4. The standard InChI is InChI=1S/C28H37N3O4/c1-28(2,3)19-11-14-22(35-8)21(17-19)25(32)23-24(18-9-12-20(13-10-18)30(6)7)31(16-15-29(4)5)27(34)26(23)33/h9-14,17,24,32H,15-16H2,1-8H3/b25-23+. The van der Waals surface area contributed by atoms with Crippen LogP contribution in [0.15, 0.2) is 48.0 Å². The summed E-state index contributed by atoms with van der Waals surface area (Å²) in [6, 6.07) is 12.6. The summed E-state index contributed by atoms with van der Waals surface area (Å²) in [5.74, 6) is -1.08. The van der Waals surface area contributed by atoms with Gasteiger partial charge in [0.25, 0.3) is 11.7 Å². The topological polar surface area (TPSA) is 73.3 Å². The van der Waals surface area contributed by atoms with E-state index in [0.29, 0.717) is 24.4 Å². The number of rotatable bonds is 7. The first kappa shape index (κ1) is 26.3. The fraction of sp³-hybridized carbons (Fsp3) is 0.429. The van der Waals surface area contributed by atoms with Gasteiger partial charge in [0.2, 0.25) is 0 Å². The molecule has 1 unspecified atom stereocenters. The van der Waals surface area contributed by atoms with Crippen LogP contribution in [-0.2, 0) is 15.0 Å². The number of ether oxygens (including phenoxy) is 1. The van der Waals surface area contributed by atoms with E-state index in [0.717, 1.165) is 16.8 Å². The minimum Gasteiger partial charge on any atom is -0.507 e. The van der Waals surface area contributed by atoms with Crippen LogP contribution in [0.1, 0.15) is 43.5 Å². The molecular weight excluding hydrogens is 442 g/mol. The number of amides is 1. The van der Waals surface area contributed by atoms with Gasteiger partial charge >= 0.3 is 0 Å². The third kappa shape index (κ3) is 5.35. The number of benzene rings is 2. The average molecular weight is 480 g/mol. The fourth-order valence-corrected chi connectivity index (χ4v) is 4.22. The highest BCUT2D eigenvalue weighted by molar-refractivity contribution is 6.46. The molecule has 0 saturated carbocycles. The van der Waals surface area contributed by atoms with Gasteiger partial charge in [0.1, 0.15) is 11.5 Å². The van der Waals surface area contributed by atoms with Crippen LogP contribution in [0.5, 0.6) is 5.75 Å². The van der Waals surface area contributed by atoms with Gasteiger partial charge in [-0.25, -0.2) is 0 Å². The van der Waals surface area contributed by atoms with Crippen molar-refractivity contribution in [1.82, 2.24) is 9.80 Å². The normalized spacial score (nSPS) is 17.9. The number of aliphatic hydroxyl groups excluding tert-OH is 1. The molecule has 1 amide bonds. The van der Waals surface area contributed by atoms with Gasteiger partial charge in [-0.05, 0) is 54.9 Å². The zero-order chi connectivity index (χ0) is 26.1. The number of anilines is 1. The van der Waals surface area contributed by atoms with Crippen LogP contribution < -0.4 is 9.64 Å². The Bertz CT molecular complexity index is 1130. The Kier molecular flexibility index (Phi) is 7.60. The summed E-state index contributed by atoms with van der Waals surface area (Å²) in [6.45, 7) is 7.16. The van der Waals surface area contributed by atoms with Crippen LogP contribution in [0, 0.1) is 0 Å². The molecule has 0 bridgehead atoms. The zero-order valence-electron chi connectivity index (χ0n) is 22.0. The van der Waals surface area contributed by atoms with Gasteiger partial charge in [0, 0.05) is 32.9 Å². The molecule has 1 aliphatic rings. The van der Waals surface area contributed by atoms with Crippen LogP contribution in [0.4, 0.5) is 5.69 Å². The Labute approximate surface area is 208 Å².